The molecule has 2 aromatic rings. The maximum Gasteiger partial charge on any atom is 0.143 e. The number of rotatable bonds is 4. The molecule has 4 nitrogen and oxygen atoms in total. The second-order valence-corrected chi connectivity index (χ2v) is 5.15. The van der Waals surface area contributed by atoms with Gasteiger partial charge in [-0.05, 0) is 38.3 Å². The highest BCUT2D eigenvalue weighted by atomic mass is 16.5. The summed E-state index contributed by atoms with van der Waals surface area (Å²) >= 11 is 0. The van der Waals surface area contributed by atoms with Crippen LogP contribution >= 0.6 is 0 Å². The minimum Gasteiger partial charge on any atom is -0.493 e. The Morgan fingerprint density at radius 3 is 2.95 bits per heavy atom. The Morgan fingerprint density at radius 2 is 2.20 bits per heavy atom. The highest BCUT2D eigenvalue weighted by molar-refractivity contribution is 5.64. The third-order valence-electron chi connectivity index (χ3n) is 3.90. The number of ether oxygens (including phenoxy) is 1. The standard InChI is InChI=1S/C16H20N2O2/c1-2-20-15-9-4-3-6-12(15)16-17-10-11-18(16)13-7-5-8-14(13)19/h3-4,6,9-11,13-14,19H,2,5,7-8H2,1H3/t13-,14+/m0/s1. The van der Waals surface area contributed by atoms with E-state index in [0.29, 0.717) is 6.61 Å². The van der Waals surface area contributed by atoms with E-state index in [-0.39, 0.29) is 12.1 Å². The first-order valence-electron chi connectivity index (χ1n) is 7.24. The van der Waals surface area contributed by atoms with Gasteiger partial charge < -0.3 is 14.4 Å². The molecular formula is C16H20N2O2. The molecule has 20 heavy (non-hydrogen) atoms. The molecule has 4 heteroatoms. The van der Waals surface area contributed by atoms with Crippen LogP contribution in [0.2, 0.25) is 0 Å². The molecule has 0 radical (unpaired) electrons. The predicted octanol–water partition coefficient (Wildman–Crippen LogP) is 3.03. The van der Waals surface area contributed by atoms with E-state index in [9.17, 15) is 5.11 Å². The number of hydrogen-bond acceptors (Lipinski definition) is 3. The number of para-hydroxylation sites is 1. The minimum absolute atomic E-state index is 0.127. The molecule has 0 unspecified atom stereocenters. The fourth-order valence-electron chi connectivity index (χ4n) is 2.97. The molecule has 2 atom stereocenters. The lowest BCUT2D eigenvalue weighted by atomic mass is 10.1. The van der Waals surface area contributed by atoms with Crippen molar-refractivity contribution in [1.82, 2.24) is 9.55 Å². The van der Waals surface area contributed by atoms with Crippen molar-refractivity contribution in [1.29, 1.82) is 0 Å². The number of nitrogens with zero attached hydrogens (tertiary/aromatic N) is 2. The zero-order valence-corrected chi connectivity index (χ0v) is 11.7. The lowest BCUT2D eigenvalue weighted by Gasteiger charge is -2.20. The number of aliphatic hydroxyl groups excluding tert-OH is 1. The zero-order chi connectivity index (χ0) is 13.9. The molecule has 3 rings (SSSR count). The first-order chi connectivity index (χ1) is 9.81. The Labute approximate surface area is 119 Å². The molecule has 1 N–H and O–H groups in total. The molecule has 1 aliphatic carbocycles. The average molecular weight is 272 g/mol. The van der Waals surface area contributed by atoms with Gasteiger partial charge in [0.25, 0.3) is 0 Å². The van der Waals surface area contributed by atoms with Crippen molar-refractivity contribution >= 4 is 0 Å². The normalized spacial score (nSPS) is 22.1. The molecule has 1 saturated carbocycles. The molecule has 0 amide bonds. The van der Waals surface area contributed by atoms with E-state index in [4.69, 9.17) is 4.74 Å². The fraction of sp³-hybridized carbons (Fsp3) is 0.438. The molecule has 1 heterocycles. The van der Waals surface area contributed by atoms with Gasteiger partial charge in [0.15, 0.2) is 0 Å². The van der Waals surface area contributed by atoms with E-state index in [1.54, 1.807) is 6.20 Å². The predicted molar refractivity (Wildman–Crippen MR) is 77.7 cm³/mol. The third-order valence-corrected chi connectivity index (χ3v) is 3.90. The van der Waals surface area contributed by atoms with Crippen LogP contribution in [0.15, 0.2) is 36.7 Å². The van der Waals surface area contributed by atoms with Crippen molar-refractivity contribution in [2.75, 3.05) is 6.61 Å². The molecular weight excluding hydrogens is 252 g/mol. The summed E-state index contributed by atoms with van der Waals surface area (Å²) in [6.07, 6.45) is 6.41. The van der Waals surface area contributed by atoms with Gasteiger partial charge in [-0.25, -0.2) is 4.98 Å². The lowest BCUT2D eigenvalue weighted by Crippen LogP contribution is -2.18. The highest BCUT2D eigenvalue weighted by Crippen LogP contribution is 2.36. The Bertz CT molecular complexity index is 579. The Morgan fingerprint density at radius 1 is 1.35 bits per heavy atom. The smallest absolute Gasteiger partial charge is 0.143 e. The summed E-state index contributed by atoms with van der Waals surface area (Å²) in [5.74, 6) is 1.72. The maximum atomic E-state index is 10.1. The summed E-state index contributed by atoms with van der Waals surface area (Å²) in [5.41, 5.74) is 0.985. The molecule has 1 aromatic heterocycles. The highest BCUT2D eigenvalue weighted by Gasteiger charge is 2.28. The van der Waals surface area contributed by atoms with Crippen LogP contribution in [0.5, 0.6) is 5.75 Å². The number of imidazole rings is 1. The Balaban J connectivity index is 2.01. The quantitative estimate of drug-likeness (QED) is 0.930. The van der Waals surface area contributed by atoms with Crippen LogP contribution in [0, 0.1) is 0 Å². The topological polar surface area (TPSA) is 47.3 Å². The second-order valence-electron chi connectivity index (χ2n) is 5.15. The molecule has 0 bridgehead atoms. The van der Waals surface area contributed by atoms with Gasteiger partial charge in [-0.2, -0.15) is 0 Å². The van der Waals surface area contributed by atoms with Crippen molar-refractivity contribution in [2.24, 2.45) is 0 Å². The molecule has 1 aliphatic rings. The summed E-state index contributed by atoms with van der Waals surface area (Å²) in [5, 5.41) is 10.1. The van der Waals surface area contributed by atoms with Gasteiger partial charge in [-0.3, -0.25) is 0 Å². The number of aromatic nitrogens is 2. The van der Waals surface area contributed by atoms with Crippen molar-refractivity contribution < 1.29 is 9.84 Å². The van der Waals surface area contributed by atoms with Gasteiger partial charge in [0.1, 0.15) is 11.6 Å². The largest absolute Gasteiger partial charge is 0.493 e. The Hall–Kier alpha value is -1.81. The van der Waals surface area contributed by atoms with Crippen LogP contribution in [-0.2, 0) is 0 Å². The summed E-state index contributed by atoms with van der Waals surface area (Å²) in [4.78, 5) is 4.48. The van der Waals surface area contributed by atoms with Crippen LogP contribution in [0.25, 0.3) is 11.4 Å². The number of hydrogen-bond donors (Lipinski definition) is 1. The van der Waals surface area contributed by atoms with E-state index in [1.165, 1.54) is 0 Å². The lowest BCUT2D eigenvalue weighted by molar-refractivity contribution is 0.137. The summed E-state index contributed by atoms with van der Waals surface area (Å²) in [6.45, 7) is 2.60. The van der Waals surface area contributed by atoms with E-state index in [0.717, 1.165) is 36.4 Å². The zero-order valence-electron chi connectivity index (χ0n) is 11.7. The van der Waals surface area contributed by atoms with Crippen LogP contribution in [-0.4, -0.2) is 27.4 Å². The minimum atomic E-state index is -0.276. The Kier molecular flexibility index (Phi) is 3.74. The van der Waals surface area contributed by atoms with Crippen LogP contribution in [0.1, 0.15) is 32.2 Å². The first kappa shape index (κ1) is 13.2. The van der Waals surface area contributed by atoms with Crippen molar-refractivity contribution in [3.05, 3.63) is 36.7 Å². The van der Waals surface area contributed by atoms with Gasteiger partial charge in [-0.15, -0.1) is 0 Å². The molecule has 0 saturated heterocycles. The molecule has 106 valence electrons. The van der Waals surface area contributed by atoms with E-state index >= 15 is 0 Å². The average Bonchev–Trinajstić information content (AvgIpc) is 3.08. The maximum absolute atomic E-state index is 10.1. The van der Waals surface area contributed by atoms with Crippen LogP contribution in [0.4, 0.5) is 0 Å². The molecule has 1 aromatic carbocycles. The number of benzene rings is 1. The molecule has 0 aliphatic heterocycles. The van der Waals surface area contributed by atoms with E-state index < -0.39 is 0 Å². The van der Waals surface area contributed by atoms with E-state index in [2.05, 4.69) is 9.55 Å². The fourth-order valence-corrected chi connectivity index (χ4v) is 2.97. The first-order valence-corrected chi connectivity index (χ1v) is 7.24. The third kappa shape index (κ3) is 2.31. The monoisotopic (exact) mass is 272 g/mol. The van der Waals surface area contributed by atoms with Gasteiger partial charge in [-0.1, -0.05) is 12.1 Å². The van der Waals surface area contributed by atoms with Crippen LogP contribution < -0.4 is 4.74 Å². The van der Waals surface area contributed by atoms with Crippen molar-refractivity contribution in [3.8, 4) is 17.1 Å². The summed E-state index contributed by atoms with van der Waals surface area (Å²) < 4.78 is 7.78. The molecule has 0 spiro atoms. The summed E-state index contributed by atoms with van der Waals surface area (Å²) in [7, 11) is 0. The second kappa shape index (κ2) is 5.67. The number of aliphatic hydroxyl groups is 1. The van der Waals surface area contributed by atoms with Gasteiger partial charge in [0.05, 0.1) is 24.3 Å². The van der Waals surface area contributed by atoms with Gasteiger partial charge in [0.2, 0.25) is 0 Å². The van der Waals surface area contributed by atoms with Crippen molar-refractivity contribution in [3.63, 3.8) is 0 Å². The van der Waals surface area contributed by atoms with Crippen molar-refractivity contribution in [2.45, 2.75) is 38.3 Å². The van der Waals surface area contributed by atoms with Gasteiger partial charge >= 0.3 is 0 Å². The van der Waals surface area contributed by atoms with E-state index in [1.807, 2.05) is 37.4 Å². The SMILES string of the molecule is CCOc1ccccc1-c1nccn1[C@H]1CCC[C@H]1O. The summed E-state index contributed by atoms with van der Waals surface area (Å²) in [6, 6.07) is 8.06. The van der Waals surface area contributed by atoms with Crippen LogP contribution in [0.3, 0.4) is 0 Å². The van der Waals surface area contributed by atoms with Gasteiger partial charge in [0, 0.05) is 12.4 Å². The molecule has 1 fully saturated rings.